The van der Waals surface area contributed by atoms with E-state index in [1.165, 1.54) is 12.1 Å². The van der Waals surface area contributed by atoms with E-state index in [-0.39, 0.29) is 36.1 Å². The van der Waals surface area contributed by atoms with Crippen molar-refractivity contribution < 1.29 is 27.9 Å². The number of halogens is 3. The van der Waals surface area contributed by atoms with Crippen molar-refractivity contribution >= 4 is 11.8 Å². The summed E-state index contributed by atoms with van der Waals surface area (Å²) in [5.74, 6) is -1.00. The number of amides is 2. The molecule has 7 nitrogen and oxygen atoms in total. The summed E-state index contributed by atoms with van der Waals surface area (Å²) in [6.07, 6.45) is 0.689. The zero-order chi connectivity index (χ0) is 25.9. The van der Waals surface area contributed by atoms with Crippen molar-refractivity contribution in [3.05, 3.63) is 65.5 Å². The number of nitrogens with one attached hydrogen (secondary N) is 2. The van der Waals surface area contributed by atoms with E-state index in [2.05, 4.69) is 15.6 Å². The van der Waals surface area contributed by atoms with Crippen molar-refractivity contribution in [3.8, 4) is 0 Å². The summed E-state index contributed by atoms with van der Waals surface area (Å²) >= 11 is 0. The first-order valence-electron chi connectivity index (χ1n) is 12.2. The summed E-state index contributed by atoms with van der Waals surface area (Å²) in [7, 11) is 0. The number of hydrogen-bond donors (Lipinski definition) is 3. The fraction of sp³-hybridized carbons (Fsp3) is 0.500. The maximum Gasteiger partial charge on any atom is 0.416 e. The number of rotatable bonds is 6. The molecule has 2 heterocycles. The van der Waals surface area contributed by atoms with Gasteiger partial charge in [0.05, 0.1) is 17.8 Å². The quantitative estimate of drug-likeness (QED) is 0.562. The monoisotopic (exact) mass is 504 g/mol. The summed E-state index contributed by atoms with van der Waals surface area (Å²) in [5, 5.41) is 17.0. The van der Waals surface area contributed by atoms with Crippen LogP contribution in [0.3, 0.4) is 0 Å². The number of carbonyl (C=O) groups excluding carboxylic acids is 2. The van der Waals surface area contributed by atoms with Crippen molar-refractivity contribution in [1.29, 1.82) is 0 Å². The van der Waals surface area contributed by atoms with Gasteiger partial charge < -0.3 is 20.6 Å². The van der Waals surface area contributed by atoms with E-state index in [1.807, 2.05) is 25.1 Å². The highest BCUT2D eigenvalue weighted by Gasteiger charge is 2.38. The normalized spacial score (nSPS) is 26.6. The average molecular weight is 505 g/mol. The summed E-state index contributed by atoms with van der Waals surface area (Å²) in [5.41, 5.74) is -1.27. The molecule has 0 unspecified atom stereocenters. The minimum absolute atomic E-state index is 0.0329. The molecule has 1 saturated carbocycles. The van der Waals surface area contributed by atoms with Crippen LogP contribution in [0, 0.1) is 0 Å². The van der Waals surface area contributed by atoms with Crippen molar-refractivity contribution in [2.75, 3.05) is 13.1 Å². The summed E-state index contributed by atoms with van der Waals surface area (Å²) in [6.45, 7) is 2.14. The number of nitrogens with zero attached hydrogens (tertiary/aromatic N) is 2. The number of carbonyl (C=O) groups is 2. The van der Waals surface area contributed by atoms with Crippen LogP contribution in [0.4, 0.5) is 13.2 Å². The van der Waals surface area contributed by atoms with Gasteiger partial charge in [0.2, 0.25) is 5.91 Å². The molecule has 2 fully saturated rings. The minimum atomic E-state index is -4.55. The highest BCUT2D eigenvalue weighted by molar-refractivity contribution is 5.96. The molecule has 0 radical (unpaired) electrons. The molecule has 1 aliphatic heterocycles. The summed E-state index contributed by atoms with van der Waals surface area (Å²) in [4.78, 5) is 31.1. The summed E-state index contributed by atoms with van der Waals surface area (Å²) < 4.78 is 38.7. The lowest BCUT2D eigenvalue weighted by Crippen LogP contribution is -2.46. The largest absolute Gasteiger partial charge is 0.416 e. The standard InChI is InChI=1S/C26H31F3N4O3/c1-17-13-21(32-20-8-10-25(36,11-9-20)22-7-2-3-12-30-22)16-33(17)23(34)15-31-24(35)18-5-4-6-19(14-18)26(27,28)29/h2-7,12,14,17,20-21,32,36H,8-11,13,15-16H2,1H3,(H,31,35)/t17-,20?,21+,25?/m1/s1. The van der Waals surface area contributed by atoms with Gasteiger partial charge in [0.25, 0.3) is 5.91 Å². The lowest BCUT2D eigenvalue weighted by molar-refractivity contribution is -0.137. The molecule has 1 aromatic carbocycles. The molecule has 1 saturated heterocycles. The Morgan fingerprint density at radius 3 is 2.56 bits per heavy atom. The van der Waals surface area contributed by atoms with Crippen molar-refractivity contribution in [1.82, 2.24) is 20.5 Å². The highest BCUT2D eigenvalue weighted by Crippen LogP contribution is 2.36. The number of likely N-dealkylation sites (tertiary alicyclic amines) is 1. The van der Waals surface area contributed by atoms with Crippen LogP contribution >= 0.6 is 0 Å². The van der Waals surface area contributed by atoms with Crippen LogP contribution in [0.5, 0.6) is 0 Å². The fourth-order valence-electron chi connectivity index (χ4n) is 5.19. The third kappa shape index (κ3) is 6.04. The molecule has 1 aromatic heterocycles. The highest BCUT2D eigenvalue weighted by atomic mass is 19.4. The maximum absolute atomic E-state index is 12.9. The van der Waals surface area contributed by atoms with E-state index in [4.69, 9.17) is 0 Å². The number of alkyl halides is 3. The van der Waals surface area contributed by atoms with Gasteiger partial charge in [0, 0.05) is 36.4 Å². The second kappa shape index (κ2) is 10.6. The second-order valence-corrected chi connectivity index (χ2v) is 9.78. The predicted octanol–water partition coefficient (Wildman–Crippen LogP) is 3.24. The fourth-order valence-corrected chi connectivity index (χ4v) is 5.19. The molecule has 10 heteroatoms. The van der Waals surface area contributed by atoms with Gasteiger partial charge >= 0.3 is 6.18 Å². The second-order valence-electron chi connectivity index (χ2n) is 9.78. The number of hydrogen-bond acceptors (Lipinski definition) is 5. The Morgan fingerprint density at radius 2 is 1.89 bits per heavy atom. The van der Waals surface area contributed by atoms with E-state index in [0.717, 1.165) is 31.4 Å². The van der Waals surface area contributed by atoms with Crippen LogP contribution in [0.1, 0.15) is 60.6 Å². The third-order valence-corrected chi connectivity index (χ3v) is 7.17. The van der Waals surface area contributed by atoms with Gasteiger partial charge in [-0.05, 0) is 69.4 Å². The van der Waals surface area contributed by atoms with Crippen LogP contribution < -0.4 is 10.6 Å². The van der Waals surface area contributed by atoms with Gasteiger partial charge in [0.1, 0.15) is 5.60 Å². The van der Waals surface area contributed by atoms with Crippen LogP contribution in [0.25, 0.3) is 0 Å². The maximum atomic E-state index is 12.9. The number of aromatic nitrogens is 1. The Bertz CT molecular complexity index is 1070. The van der Waals surface area contributed by atoms with Gasteiger partial charge in [-0.2, -0.15) is 13.2 Å². The molecule has 194 valence electrons. The van der Waals surface area contributed by atoms with Crippen LogP contribution in [0.15, 0.2) is 48.7 Å². The van der Waals surface area contributed by atoms with Crippen LogP contribution in [-0.4, -0.2) is 58.0 Å². The molecule has 4 rings (SSSR count). The molecule has 36 heavy (non-hydrogen) atoms. The number of pyridine rings is 1. The molecule has 2 aliphatic rings. The van der Waals surface area contributed by atoms with E-state index < -0.39 is 23.2 Å². The smallest absolute Gasteiger partial charge is 0.384 e. The van der Waals surface area contributed by atoms with Crippen molar-refractivity contribution in [2.24, 2.45) is 0 Å². The van der Waals surface area contributed by atoms with Crippen molar-refractivity contribution in [2.45, 2.75) is 68.9 Å². The predicted molar refractivity (Wildman–Crippen MR) is 127 cm³/mol. The Morgan fingerprint density at radius 1 is 1.14 bits per heavy atom. The first-order valence-corrected chi connectivity index (χ1v) is 12.2. The van der Waals surface area contributed by atoms with Crippen LogP contribution in [0.2, 0.25) is 0 Å². The molecule has 2 amide bonds. The molecule has 0 spiro atoms. The molecule has 2 atom stereocenters. The Hall–Kier alpha value is -2.98. The van der Waals surface area contributed by atoms with Crippen LogP contribution in [-0.2, 0) is 16.6 Å². The van der Waals surface area contributed by atoms with Gasteiger partial charge in [0.15, 0.2) is 0 Å². The Balaban J connectivity index is 1.25. The van der Waals surface area contributed by atoms with E-state index in [0.29, 0.717) is 25.1 Å². The molecule has 3 N–H and O–H groups in total. The number of benzene rings is 1. The SMILES string of the molecule is C[C@@H]1C[C@H](NC2CCC(O)(c3ccccn3)CC2)CN1C(=O)CNC(=O)c1cccc(C(F)(F)F)c1. The van der Waals surface area contributed by atoms with E-state index in [9.17, 15) is 27.9 Å². The minimum Gasteiger partial charge on any atom is -0.384 e. The van der Waals surface area contributed by atoms with Crippen molar-refractivity contribution in [3.63, 3.8) is 0 Å². The van der Waals surface area contributed by atoms with E-state index >= 15 is 0 Å². The lowest BCUT2D eigenvalue weighted by atomic mass is 9.79. The zero-order valence-electron chi connectivity index (χ0n) is 20.1. The molecule has 1 aliphatic carbocycles. The number of aliphatic hydroxyl groups is 1. The van der Waals surface area contributed by atoms with Gasteiger partial charge in [-0.15, -0.1) is 0 Å². The topological polar surface area (TPSA) is 94.6 Å². The first kappa shape index (κ1) is 26.1. The third-order valence-electron chi connectivity index (χ3n) is 7.17. The lowest BCUT2D eigenvalue weighted by Gasteiger charge is -2.37. The molecular formula is C26H31F3N4O3. The van der Waals surface area contributed by atoms with E-state index in [1.54, 1.807) is 11.1 Å². The summed E-state index contributed by atoms with van der Waals surface area (Å²) in [6, 6.07) is 9.95. The molecule has 2 aromatic rings. The van der Waals surface area contributed by atoms with Gasteiger partial charge in [-0.25, -0.2) is 0 Å². The Labute approximate surface area is 208 Å². The van der Waals surface area contributed by atoms with Gasteiger partial charge in [-0.3, -0.25) is 14.6 Å². The zero-order valence-corrected chi connectivity index (χ0v) is 20.1. The molecule has 0 bridgehead atoms. The molecular weight excluding hydrogens is 473 g/mol. The first-order chi connectivity index (χ1) is 17.0. The Kier molecular flexibility index (Phi) is 7.65. The van der Waals surface area contributed by atoms with Gasteiger partial charge in [-0.1, -0.05) is 12.1 Å². The average Bonchev–Trinajstić information content (AvgIpc) is 3.24.